The Labute approximate surface area is 295 Å². The second-order valence-corrected chi connectivity index (χ2v) is 13.0. The third kappa shape index (κ3) is 8.03. The molecule has 2 aliphatic heterocycles. The molecule has 0 aliphatic carbocycles. The molecule has 2 aromatic heterocycles. The van der Waals surface area contributed by atoms with Crippen molar-refractivity contribution in [3.05, 3.63) is 60.8 Å². The van der Waals surface area contributed by atoms with Crippen LogP contribution in [0.1, 0.15) is 45.0 Å². The van der Waals surface area contributed by atoms with Gasteiger partial charge >= 0.3 is 12.2 Å². The van der Waals surface area contributed by atoms with Gasteiger partial charge in [0.15, 0.2) is 0 Å². The van der Waals surface area contributed by atoms with E-state index in [2.05, 4.69) is 69.6 Å². The number of ether oxygens (including phenoxy) is 2. The molecule has 0 spiro atoms. The predicted molar refractivity (Wildman–Crippen MR) is 189 cm³/mol. The van der Waals surface area contributed by atoms with E-state index in [1.807, 2.05) is 12.1 Å². The molecule has 0 radical (unpaired) electrons. The summed E-state index contributed by atoms with van der Waals surface area (Å²) in [6.07, 6.45) is 6.60. The topological polar surface area (TPSA) is 184 Å². The molecule has 51 heavy (non-hydrogen) atoms. The summed E-state index contributed by atoms with van der Waals surface area (Å²) in [4.78, 5) is 69.5. The van der Waals surface area contributed by atoms with Crippen molar-refractivity contribution in [2.45, 2.75) is 51.2 Å². The Morgan fingerprint density at radius 2 is 1.47 bits per heavy atom. The zero-order chi connectivity index (χ0) is 36.1. The largest absolute Gasteiger partial charge is 0.453 e. The maximum atomic E-state index is 13.1. The molecular formula is C36H43N9O6. The molecule has 0 unspecified atom stereocenters. The number of methoxy groups -OCH3 is 2. The van der Waals surface area contributed by atoms with Crippen molar-refractivity contribution in [2.75, 3.05) is 45.7 Å². The minimum Gasteiger partial charge on any atom is -0.453 e. The Morgan fingerprint density at radius 1 is 0.824 bits per heavy atom. The van der Waals surface area contributed by atoms with Gasteiger partial charge in [-0.3, -0.25) is 9.59 Å². The highest BCUT2D eigenvalue weighted by Gasteiger charge is 2.35. The lowest BCUT2D eigenvalue weighted by Crippen LogP contribution is -2.46. The van der Waals surface area contributed by atoms with Crippen LogP contribution < -0.4 is 16.0 Å². The number of fused-ring (bicyclic) bond motifs is 1. The number of hydrogen-bond acceptors (Lipinski definition) is 10. The van der Waals surface area contributed by atoms with Crippen molar-refractivity contribution >= 4 is 40.7 Å². The molecule has 4 aromatic rings. The number of nitrogens with one attached hydrogen (secondary N) is 4. The van der Waals surface area contributed by atoms with Crippen LogP contribution in [0.5, 0.6) is 0 Å². The molecular weight excluding hydrogens is 654 g/mol. The molecule has 15 heteroatoms. The first-order valence-corrected chi connectivity index (χ1v) is 17.1. The summed E-state index contributed by atoms with van der Waals surface area (Å²) in [5.74, 6) is 1.18. The number of hydrogen-bond donors (Lipinski definition) is 4. The summed E-state index contributed by atoms with van der Waals surface area (Å²) in [5.41, 5.74) is 3.72. The van der Waals surface area contributed by atoms with Crippen LogP contribution in [0.25, 0.3) is 33.2 Å². The van der Waals surface area contributed by atoms with Gasteiger partial charge in [-0.25, -0.2) is 24.5 Å². The Balaban J connectivity index is 1.05. The number of anilines is 1. The van der Waals surface area contributed by atoms with E-state index in [-0.39, 0.29) is 23.8 Å². The summed E-state index contributed by atoms with van der Waals surface area (Å²) >= 11 is 0. The van der Waals surface area contributed by atoms with Gasteiger partial charge < -0.3 is 40.2 Å². The van der Waals surface area contributed by atoms with E-state index >= 15 is 0 Å². The number of carbonyl (C=O) groups is 4. The number of aromatic amines is 1. The zero-order valence-electron chi connectivity index (χ0n) is 29.1. The normalized spacial score (nSPS) is 18.3. The Bertz CT molecular complexity index is 1900. The minimum absolute atomic E-state index is 0.130. The van der Waals surface area contributed by atoms with Gasteiger partial charge in [0.1, 0.15) is 17.9 Å². The van der Waals surface area contributed by atoms with E-state index in [4.69, 9.17) is 0 Å². The average Bonchev–Trinajstić information content (AvgIpc) is 3.94. The minimum atomic E-state index is -0.707. The van der Waals surface area contributed by atoms with Gasteiger partial charge in [-0.2, -0.15) is 0 Å². The molecule has 0 bridgehead atoms. The summed E-state index contributed by atoms with van der Waals surface area (Å²) in [7, 11) is 2.54. The third-order valence-electron chi connectivity index (χ3n) is 9.51. The quantitative estimate of drug-likeness (QED) is 0.188. The molecule has 268 valence electrons. The molecule has 4 heterocycles. The maximum Gasteiger partial charge on any atom is 0.407 e. The van der Waals surface area contributed by atoms with Gasteiger partial charge in [0.05, 0.1) is 32.2 Å². The van der Waals surface area contributed by atoms with Crippen molar-refractivity contribution in [1.29, 1.82) is 0 Å². The number of carbonyl (C=O) groups excluding carboxylic acids is 4. The van der Waals surface area contributed by atoms with E-state index in [1.54, 1.807) is 42.2 Å². The number of nitrogens with zero attached hydrogens (tertiary/aromatic N) is 5. The predicted octanol–water partition coefficient (Wildman–Crippen LogP) is 4.10. The highest BCUT2D eigenvalue weighted by Crippen LogP contribution is 2.33. The number of H-pyrrole nitrogens is 1. The summed E-state index contributed by atoms with van der Waals surface area (Å²) in [6, 6.07) is 10.9. The van der Waals surface area contributed by atoms with Gasteiger partial charge in [0.2, 0.25) is 17.8 Å². The molecule has 2 aliphatic rings. The highest BCUT2D eigenvalue weighted by atomic mass is 16.5. The summed E-state index contributed by atoms with van der Waals surface area (Å²) in [6.45, 7) is 5.75. The number of likely N-dealkylation sites (tertiary alicyclic amines) is 2. The number of aromatic nitrogens is 4. The fraction of sp³-hybridized carbons (Fsp3) is 0.417. The van der Waals surface area contributed by atoms with E-state index in [0.29, 0.717) is 32.1 Å². The molecule has 6 rings (SSSR count). The van der Waals surface area contributed by atoms with E-state index < -0.39 is 24.3 Å². The molecule has 4 N–H and O–H groups in total. The fourth-order valence-electron chi connectivity index (χ4n) is 6.68. The van der Waals surface area contributed by atoms with Crippen LogP contribution in [-0.2, 0) is 19.1 Å². The van der Waals surface area contributed by atoms with Crippen LogP contribution in [0.15, 0.2) is 55.0 Å². The number of amides is 4. The lowest BCUT2D eigenvalue weighted by atomic mass is 10.0. The van der Waals surface area contributed by atoms with Crippen LogP contribution >= 0.6 is 0 Å². The molecule has 4 atom stereocenters. The monoisotopic (exact) mass is 697 g/mol. The van der Waals surface area contributed by atoms with Crippen molar-refractivity contribution in [1.82, 2.24) is 40.4 Å². The SMILES string of the molecule is COC(=O)N[C@@H](C)C(=O)N1CCC[C@H]1c1ncc(-c2ccc3cc(-c4cnc(NC[C@H]5CCN(C(=O)[C@@H](C)NC(=O)OC)C5)nc4)ccc3c2)[nH]1. The van der Waals surface area contributed by atoms with Crippen LogP contribution in [0.2, 0.25) is 0 Å². The first-order valence-electron chi connectivity index (χ1n) is 17.1. The molecule has 4 amide bonds. The smallest absolute Gasteiger partial charge is 0.407 e. The van der Waals surface area contributed by atoms with Gasteiger partial charge in [0.25, 0.3) is 0 Å². The second-order valence-electron chi connectivity index (χ2n) is 13.0. The number of rotatable bonds is 10. The van der Waals surface area contributed by atoms with E-state index in [0.717, 1.165) is 58.2 Å². The zero-order valence-corrected chi connectivity index (χ0v) is 29.1. The summed E-state index contributed by atoms with van der Waals surface area (Å²) < 4.78 is 9.23. The van der Waals surface area contributed by atoms with Crippen molar-refractivity contribution in [2.24, 2.45) is 5.92 Å². The van der Waals surface area contributed by atoms with Crippen molar-refractivity contribution in [3.8, 4) is 22.4 Å². The van der Waals surface area contributed by atoms with Crippen molar-refractivity contribution < 1.29 is 28.7 Å². The van der Waals surface area contributed by atoms with Gasteiger partial charge in [-0.15, -0.1) is 0 Å². The Kier molecular flexibility index (Phi) is 10.6. The number of imidazole rings is 1. The van der Waals surface area contributed by atoms with Crippen molar-refractivity contribution in [3.63, 3.8) is 0 Å². The van der Waals surface area contributed by atoms with Crippen LogP contribution in [0.3, 0.4) is 0 Å². The second kappa shape index (κ2) is 15.4. The first kappa shape index (κ1) is 35.1. The number of benzene rings is 2. The standard InChI is InChI=1S/C36H43N9O6/c1-21(41-35(48)50-3)32(46)44-13-11-23(20-44)16-38-34-39-17-28(18-40-34)26-8-7-25-15-27(10-9-24(25)14-26)29-19-37-31(43-29)30-6-5-12-45(30)33(47)22(2)42-36(49)51-4/h7-10,14-15,17-19,21-23,30H,5-6,11-13,16,20H2,1-4H3,(H,37,43)(H,41,48)(H,42,49)(H,38,39,40)/t21-,22+,23-,30+/m1/s1. The first-order chi connectivity index (χ1) is 24.6. The van der Waals surface area contributed by atoms with Gasteiger partial charge in [-0.1, -0.05) is 24.3 Å². The maximum absolute atomic E-state index is 13.1. The average molecular weight is 698 g/mol. The highest BCUT2D eigenvalue weighted by molar-refractivity contribution is 5.90. The number of alkyl carbamates (subject to hydrolysis) is 2. The van der Waals surface area contributed by atoms with Gasteiger partial charge in [-0.05, 0) is 67.5 Å². The lowest BCUT2D eigenvalue weighted by molar-refractivity contribution is -0.134. The lowest BCUT2D eigenvalue weighted by Gasteiger charge is -2.26. The molecule has 15 nitrogen and oxygen atoms in total. The Hall–Kier alpha value is -5.73. The molecule has 2 fully saturated rings. The molecule has 0 saturated carbocycles. The van der Waals surface area contributed by atoms with Crippen LogP contribution in [0.4, 0.5) is 15.5 Å². The van der Waals surface area contributed by atoms with Gasteiger partial charge in [0, 0.05) is 49.7 Å². The van der Waals surface area contributed by atoms with Crippen LogP contribution in [0, 0.1) is 5.92 Å². The molecule has 2 aromatic carbocycles. The van der Waals surface area contributed by atoms with E-state index in [1.165, 1.54) is 14.2 Å². The Morgan fingerprint density at radius 3 is 2.16 bits per heavy atom. The van der Waals surface area contributed by atoms with Crippen LogP contribution in [-0.4, -0.2) is 106 Å². The third-order valence-corrected chi connectivity index (χ3v) is 9.51. The fourth-order valence-corrected chi connectivity index (χ4v) is 6.68. The summed E-state index contributed by atoms with van der Waals surface area (Å²) in [5, 5.41) is 10.5. The molecule has 2 saturated heterocycles. The van der Waals surface area contributed by atoms with E-state index in [9.17, 15) is 19.2 Å².